The van der Waals surface area contributed by atoms with E-state index in [0.29, 0.717) is 0 Å². The van der Waals surface area contributed by atoms with Gasteiger partial charge < -0.3 is 20.2 Å². The summed E-state index contributed by atoms with van der Waals surface area (Å²) >= 11 is 0. The molecular weight excluding hydrogens is 278 g/mol. The number of alkyl carbamates (subject to hydrolysis) is 1. The molecule has 0 saturated heterocycles. The monoisotopic (exact) mass is 303 g/mol. The summed E-state index contributed by atoms with van der Waals surface area (Å²) in [5.74, 6) is -1.15. The number of carbonyl (C=O) groups is 3. The van der Waals surface area contributed by atoms with Gasteiger partial charge in [-0.2, -0.15) is 0 Å². The van der Waals surface area contributed by atoms with Crippen molar-refractivity contribution in [2.24, 2.45) is 0 Å². The molecule has 0 saturated carbocycles. The van der Waals surface area contributed by atoms with Gasteiger partial charge in [-0.15, -0.1) is 5.48 Å². The zero-order valence-corrected chi connectivity index (χ0v) is 13.5. The molecule has 0 fully saturated rings. The molecule has 0 bridgehead atoms. The van der Waals surface area contributed by atoms with Crippen molar-refractivity contribution in [3.8, 4) is 0 Å². The third-order valence-corrected chi connectivity index (χ3v) is 1.69. The Labute approximate surface area is 124 Å². The lowest BCUT2D eigenvalue weighted by Gasteiger charge is -2.20. The first-order valence-electron chi connectivity index (χ1n) is 6.59. The van der Waals surface area contributed by atoms with Crippen molar-refractivity contribution in [1.82, 2.24) is 16.1 Å². The predicted octanol–water partition coefficient (Wildman–Crippen LogP) is 0.474. The second-order valence-corrected chi connectivity index (χ2v) is 6.46. The van der Waals surface area contributed by atoms with Crippen molar-refractivity contribution < 1.29 is 24.0 Å². The predicted molar refractivity (Wildman–Crippen MR) is 76.2 cm³/mol. The van der Waals surface area contributed by atoms with Gasteiger partial charge in [0.15, 0.2) is 0 Å². The SMILES string of the molecule is CC(C)(C)NOC(=O)CNC(=O)CNC(=O)OC(C)(C)C. The largest absolute Gasteiger partial charge is 0.444 e. The Morgan fingerprint density at radius 1 is 0.905 bits per heavy atom. The number of hydrogen-bond donors (Lipinski definition) is 3. The van der Waals surface area contributed by atoms with Crippen LogP contribution in [-0.2, 0) is 19.2 Å². The van der Waals surface area contributed by atoms with Crippen LogP contribution in [0, 0.1) is 0 Å². The van der Waals surface area contributed by atoms with E-state index in [1.165, 1.54) is 0 Å². The van der Waals surface area contributed by atoms with Crippen molar-refractivity contribution in [2.45, 2.75) is 52.7 Å². The van der Waals surface area contributed by atoms with Crippen LogP contribution in [-0.4, -0.2) is 42.2 Å². The Balaban J connectivity index is 3.86. The van der Waals surface area contributed by atoms with Gasteiger partial charge in [-0.05, 0) is 41.5 Å². The lowest BCUT2D eigenvalue weighted by atomic mass is 10.1. The van der Waals surface area contributed by atoms with E-state index >= 15 is 0 Å². The van der Waals surface area contributed by atoms with Crippen molar-refractivity contribution in [3.05, 3.63) is 0 Å². The Morgan fingerprint density at radius 3 is 1.95 bits per heavy atom. The van der Waals surface area contributed by atoms with Crippen LogP contribution >= 0.6 is 0 Å². The maximum absolute atomic E-state index is 11.4. The molecule has 0 spiro atoms. The molecule has 0 radical (unpaired) electrons. The van der Waals surface area contributed by atoms with Gasteiger partial charge in [0.05, 0.1) is 0 Å². The summed E-state index contributed by atoms with van der Waals surface area (Å²) in [6, 6.07) is 0. The highest BCUT2D eigenvalue weighted by atomic mass is 16.7. The molecule has 0 aliphatic rings. The topological polar surface area (TPSA) is 106 Å². The summed E-state index contributed by atoms with van der Waals surface area (Å²) < 4.78 is 4.96. The lowest BCUT2D eigenvalue weighted by Crippen LogP contribution is -2.43. The zero-order valence-electron chi connectivity index (χ0n) is 13.5. The molecule has 8 heteroatoms. The third kappa shape index (κ3) is 12.9. The second-order valence-electron chi connectivity index (χ2n) is 6.46. The molecule has 122 valence electrons. The van der Waals surface area contributed by atoms with Crippen LogP contribution in [0.2, 0.25) is 0 Å². The lowest BCUT2D eigenvalue weighted by molar-refractivity contribution is -0.154. The Bertz CT molecular complexity index is 382. The molecule has 0 rings (SSSR count). The van der Waals surface area contributed by atoms with Crippen LogP contribution in [0.4, 0.5) is 4.79 Å². The molecular formula is C13H25N3O5. The maximum atomic E-state index is 11.4. The molecule has 0 atom stereocenters. The number of amides is 2. The first kappa shape index (κ1) is 19.2. The normalized spacial score (nSPS) is 11.5. The maximum Gasteiger partial charge on any atom is 0.408 e. The van der Waals surface area contributed by atoms with Gasteiger partial charge in [0, 0.05) is 5.54 Å². The first-order valence-corrected chi connectivity index (χ1v) is 6.59. The number of rotatable bonds is 5. The fourth-order valence-electron chi connectivity index (χ4n) is 0.946. The summed E-state index contributed by atoms with van der Waals surface area (Å²) in [5, 5.41) is 4.59. The van der Waals surface area contributed by atoms with E-state index in [0.717, 1.165) is 0 Å². The van der Waals surface area contributed by atoms with Gasteiger partial charge in [0.1, 0.15) is 18.7 Å². The third-order valence-electron chi connectivity index (χ3n) is 1.69. The van der Waals surface area contributed by atoms with Crippen LogP contribution in [0.5, 0.6) is 0 Å². The zero-order chi connectivity index (χ0) is 16.7. The quantitative estimate of drug-likeness (QED) is 0.638. The van der Waals surface area contributed by atoms with Crippen molar-refractivity contribution in [2.75, 3.05) is 13.1 Å². The van der Waals surface area contributed by atoms with E-state index in [4.69, 9.17) is 9.57 Å². The Morgan fingerprint density at radius 2 is 1.48 bits per heavy atom. The van der Waals surface area contributed by atoms with Gasteiger partial charge in [-0.1, -0.05) is 0 Å². The van der Waals surface area contributed by atoms with E-state index in [1.807, 2.05) is 20.8 Å². The van der Waals surface area contributed by atoms with Crippen molar-refractivity contribution in [1.29, 1.82) is 0 Å². The summed E-state index contributed by atoms with van der Waals surface area (Å²) in [6.45, 7) is 10.0. The molecule has 21 heavy (non-hydrogen) atoms. The average molecular weight is 303 g/mol. The number of nitrogens with one attached hydrogen (secondary N) is 3. The highest BCUT2D eigenvalue weighted by Crippen LogP contribution is 2.05. The second kappa shape index (κ2) is 7.82. The van der Waals surface area contributed by atoms with E-state index in [9.17, 15) is 14.4 Å². The fourth-order valence-corrected chi connectivity index (χ4v) is 0.946. The standard InChI is InChI=1S/C13H25N3O5/c1-12(2,3)16-21-10(18)8-14-9(17)7-15-11(19)20-13(4,5)6/h16H,7-8H2,1-6H3,(H,14,17)(H,15,19). The van der Waals surface area contributed by atoms with Gasteiger partial charge in [0.25, 0.3) is 0 Å². The minimum Gasteiger partial charge on any atom is -0.444 e. The molecule has 0 aromatic rings. The smallest absolute Gasteiger partial charge is 0.408 e. The number of carbonyl (C=O) groups excluding carboxylic acids is 3. The molecule has 0 aliphatic heterocycles. The van der Waals surface area contributed by atoms with E-state index in [1.54, 1.807) is 20.8 Å². The number of hydroxylamine groups is 1. The van der Waals surface area contributed by atoms with Gasteiger partial charge >= 0.3 is 12.1 Å². The first-order chi connectivity index (χ1) is 9.39. The van der Waals surface area contributed by atoms with Crippen LogP contribution in [0.15, 0.2) is 0 Å². The fraction of sp³-hybridized carbons (Fsp3) is 0.769. The van der Waals surface area contributed by atoms with E-state index in [2.05, 4.69) is 16.1 Å². The van der Waals surface area contributed by atoms with Crippen molar-refractivity contribution in [3.63, 3.8) is 0 Å². The molecule has 2 amide bonds. The van der Waals surface area contributed by atoms with Crippen LogP contribution < -0.4 is 16.1 Å². The Kier molecular flexibility index (Phi) is 7.14. The Hall–Kier alpha value is -1.83. The molecule has 0 aliphatic carbocycles. The molecule has 0 aromatic heterocycles. The summed E-state index contributed by atoms with van der Waals surface area (Å²) in [6.07, 6.45) is -0.699. The number of hydrogen-bond acceptors (Lipinski definition) is 6. The minimum absolute atomic E-state index is 0.283. The van der Waals surface area contributed by atoms with Gasteiger partial charge in [-0.25, -0.2) is 9.59 Å². The molecule has 3 N–H and O–H groups in total. The van der Waals surface area contributed by atoms with E-state index in [-0.39, 0.29) is 18.6 Å². The number of ether oxygens (including phenoxy) is 1. The minimum atomic E-state index is -0.699. The average Bonchev–Trinajstić information content (AvgIpc) is 2.28. The highest BCUT2D eigenvalue weighted by Gasteiger charge is 2.17. The summed E-state index contributed by atoms with van der Waals surface area (Å²) in [4.78, 5) is 38.7. The van der Waals surface area contributed by atoms with Gasteiger partial charge in [0.2, 0.25) is 5.91 Å². The molecule has 0 unspecified atom stereocenters. The van der Waals surface area contributed by atoms with E-state index < -0.39 is 23.6 Å². The van der Waals surface area contributed by atoms with Gasteiger partial charge in [-0.3, -0.25) is 4.79 Å². The molecule has 0 aromatic carbocycles. The molecule has 0 heterocycles. The summed E-state index contributed by atoms with van der Waals surface area (Å²) in [7, 11) is 0. The summed E-state index contributed by atoms with van der Waals surface area (Å²) in [5.41, 5.74) is 1.52. The van der Waals surface area contributed by atoms with Crippen LogP contribution in [0.3, 0.4) is 0 Å². The molecule has 8 nitrogen and oxygen atoms in total. The highest BCUT2D eigenvalue weighted by molar-refractivity contribution is 5.85. The van der Waals surface area contributed by atoms with Crippen molar-refractivity contribution >= 4 is 18.0 Å². The van der Waals surface area contributed by atoms with Crippen LogP contribution in [0.25, 0.3) is 0 Å². The van der Waals surface area contributed by atoms with Crippen LogP contribution in [0.1, 0.15) is 41.5 Å².